The van der Waals surface area contributed by atoms with Crippen molar-refractivity contribution in [3.63, 3.8) is 0 Å². The highest BCUT2D eigenvalue weighted by atomic mass is 35.5. The molecule has 0 aliphatic carbocycles. The standard InChI is InChI=1S/C19H17ClN4O3/c1-3-10-22-17(25)23(11-4-2)19(27)24(18(22)26)12-13-7-8-15(20)14-6-5-9-21-16(13)14/h3-9H,1-2,10-12H2. The summed E-state index contributed by atoms with van der Waals surface area (Å²) in [5.41, 5.74) is -0.871. The van der Waals surface area contributed by atoms with Crippen molar-refractivity contribution in [3.05, 3.63) is 97.8 Å². The van der Waals surface area contributed by atoms with Gasteiger partial charge in [-0.25, -0.2) is 28.1 Å². The number of fused-ring (bicyclic) bond motifs is 1. The molecule has 0 aliphatic heterocycles. The minimum Gasteiger partial charge on any atom is -0.256 e. The lowest BCUT2D eigenvalue weighted by atomic mass is 10.1. The average Bonchev–Trinajstić information content (AvgIpc) is 2.67. The van der Waals surface area contributed by atoms with Crippen LogP contribution in [0.4, 0.5) is 0 Å². The molecule has 0 aliphatic rings. The Morgan fingerprint density at radius 3 is 2.11 bits per heavy atom. The van der Waals surface area contributed by atoms with Crippen LogP contribution in [-0.4, -0.2) is 18.7 Å². The molecule has 27 heavy (non-hydrogen) atoms. The smallest absolute Gasteiger partial charge is 0.256 e. The van der Waals surface area contributed by atoms with Crippen molar-refractivity contribution in [3.8, 4) is 0 Å². The van der Waals surface area contributed by atoms with Gasteiger partial charge in [-0.15, -0.1) is 13.2 Å². The van der Waals surface area contributed by atoms with Crippen LogP contribution in [0.5, 0.6) is 0 Å². The van der Waals surface area contributed by atoms with Gasteiger partial charge in [-0.05, 0) is 23.8 Å². The van der Waals surface area contributed by atoms with E-state index in [1.54, 1.807) is 24.4 Å². The van der Waals surface area contributed by atoms with Crippen molar-refractivity contribution < 1.29 is 0 Å². The second-order valence-corrected chi connectivity index (χ2v) is 6.25. The SMILES string of the molecule is C=CCn1c(=O)n(CC=C)c(=O)n(Cc2ccc(Cl)c3cccnc23)c1=O. The third-order valence-corrected chi connectivity index (χ3v) is 4.47. The number of allylic oxidation sites excluding steroid dienone is 2. The van der Waals surface area contributed by atoms with Gasteiger partial charge < -0.3 is 0 Å². The van der Waals surface area contributed by atoms with E-state index in [9.17, 15) is 14.4 Å². The van der Waals surface area contributed by atoms with Crippen LogP contribution < -0.4 is 17.1 Å². The fourth-order valence-corrected chi connectivity index (χ4v) is 3.10. The Labute approximate surface area is 159 Å². The zero-order valence-electron chi connectivity index (χ0n) is 14.5. The maximum absolute atomic E-state index is 12.8. The average molecular weight is 385 g/mol. The molecule has 2 heterocycles. The van der Waals surface area contributed by atoms with E-state index in [0.717, 1.165) is 19.1 Å². The Kier molecular flexibility index (Phi) is 5.23. The lowest BCUT2D eigenvalue weighted by Crippen LogP contribution is -2.54. The first-order valence-electron chi connectivity index (χ1n) is 8.18. The largest absolute Gasteiger partial charge is 0.336 e. The Morgan fingerprint density at radius 1 is 0.926 bits per heavy atom. The molecule has 3 aromatic rings. The molecule has 138 valence electrons. The highest BCUT2D eigenvalue weighted by molar-refractivity contribution is 6.35. The van der Waals surface area contributed by atoms with Crippen LogP contribution in [0.25, 0.3) is 10.9 Å². The molecule has 8 heteroatoms. The first kappa shape index (κ1) is 18.6. The van der Waals surface area contributed by atoms with E-state index in [-0.39, 0.29) is 19.6 Å². The van der Waals surface area contributed by atoms with Gasteiger partial charge in [-0.1, -0.05) is 29.8 Å². The predicted octanol–water partition coefficient (Wildman–Crippen LogP) is 1.79. The summed E-state index contributed by atoms with van der Waals surface area (Å²) < 4.78 is 2.93. The molecular weight excluding hydrogens is 368 g/mol. The van der Waals surface area contributed by atoms with Gasteiger partial charge in [0.05, 0.1) is 25.2 Å². The fraction of sp³-hybridized carbons (Fsp3) is 0.158. The number of hydrogen-bond acceptors (Lipinski definition) is 4. The lowest BCUT2D eigenvalue weighted by Gasteiger charge is -2.13. The Bertz CT molecular complexity index is 1170. The van der Waals surface area contributed by atoms with E-state index in [0.29, 0.717) is 16.1 Å². The molecule has 0 bridgehead atoms. The van der Waals surface area contributed by atoms with Gasteiger partial charge in [0.15, 0.2) is 0 Å². The van der Waals surface area contributed by atoms with E-state index in [2.05, 4.69) is 18.1 Å². The second-order valence-electron chi connectivity index (χ2n) is 5.84. The van der Waals surface area contributed by atoms with Crippen molar-refractivity contribution in [1.82, 2.24) is 18.7 Å². The van der Waals surface area contributed by atoms with Crippen molar-refractivity contribution in [2.75, 3.05) is 0 Å². The summed E-state index contributed by atoms with van der Waals surface area (Å²) in [6.45, 7) is 7.07. The molecule has 0 amide bonds. The van der Waals surface area contributed by atoms with Crippen molar-refractivity contribution in [1.29, 1.82) is 0 Å². The van der Waals surface area contributed by atoms with Crippen molar-refractivity contribution >= 4 is 22.5 Å². The Morgan fingerprint density at radius 2 is 1.52 bits per heavy atom. The zero-order chi connectivity index (χ0) is 19.6. The second kappa shape index (κ2) is 7.59. The van der Waals surface area contributed by atoms with Crippen LogP contribution >= 0.6 is 11.6 Å². The molecule has 0 unspecified atom stereocenters. The summed E-state index contributed by atoms with van der Waals surface area (Å²) in [5, 5.41) is 1.24. The summed E-state index contributed by atoms with van der Waals surface area (Å²) in [5.74, 6) is 0. The first-order valence-corrected chi connectivity index (χ1v) is 8.55. The van der Waals surface area contributed by atoms with E-state index in [1.807, 2.05) is 6.07 Å². The molecule has 0 fully saturated rings. The minimum atomic E-state index is -0.704. The van der Waals surface area contributed by atoms with E-state index >= 15 is 0 Å². The predicted molar refractivity (Wildman–Crippen MR) is 105 cm³/mol. The number of halogens is 1. The summed E-state index contributed by atoms with van der Waals surface area (Å²) >= 11 is 6.21. The molecule has 2 aromatic heterocycles. The molecule has 1 aromatic carbocycles. The molecule has 0 saturated heterocycles. The van der Waals surface area contributed by atoms with Gasteiger partial charge in [0.2, 0.25) is 0 Å². The third-order valence-electron chi connectivity index (χ3n) is 4.14. The van der Waals surface area contributed by atoms with Gasteiger partial charge in [-0.2, -0.15) is 0 Å². The van der Waals surface area contributed by atoms with E-state index < -0.39 is 17.1 Å². The molecule has 0 atom stereocenters. The molecule has 0 N–H and O–H groups in total. The fourth-order valence-electron chi connectivity index (χ4n) is 2.88. The summed E-state index contributed by atoms with van der Waals surface area (Å²) in [6.07, 6.45) is 4.46. The van der Waals surface area contributed by atoms with Crippen molar-refractivity contribution in [2.24, 2.45) is 0 Å². The maximum Gasteiger partial charge on any atom is 0.336 e. The van der Waals surface area contributed by atoms with Crippen LogP contribution in [-0.2, 0) is 19.6 Å². The topological polar surface area (TPSA) is 78.9 Å². The van der Waals surface area contributed by atoms with E-state index in [1.165, 1.54) is 12.2 Å². The van der Waals surface area contributed by atoms with Crippen LogP contribution in [0.15, 0.2) is 70.2 Å². The molecule has 0 radical (unpaired) electrons. The maximum atomic E-state index is 12.8. The van der Waals surface area contributed by atoms with Crippen LogP contribution in [0, 0.1) is 0 Å². The Balaban J connectivity index is 2.27. The molecule has 0 saturated carbocycles. The number of rotatable bonds is 6. The first-order chi connectivity index (χ1) is 13.0. The molecular formula is C19H17ClN4O3. The molecule has 7 nitrogen and oxygen atoms in total. The third kappa shape index (κ3) is 3.29. The number of pyridine rings is 1. The van der Waals surface area contributed by atoms with Gasteiger partial charge in [0, 0.05) is 16.6 Å². The quantitative estimate of drug-likeness (QED) is 0.607. The molecule has 3 rings (SSSR count). The normalized spacial score (nSPS) is 10.9. The highest BCUT2D eigenvalue weighted by Gasteiger charge is 2.16. The van der Waals surface area contributed by atoms with Crippen LogP contribution in [0.2, 0.25) is 5.02 Å². The Hall–Kier alpha value is -3.19. The zero-order valence-corrected chi connectivity index (χ0v) is 15.2. The van der Waals surface area contributed by atoms with Crippen molar-refractivity contribution in [2.45, 2.75) is 19.6 Å². The number of benzene rings is 1. The van der Waals surface area contributed by atoms with Crippen LogP contribution in [0.1, 0.15) is 5.56 Å². The number of nitrogens with zero attached hydrogens (tertiary/aromatic N) is 4. The van der Waals surface area contributed by atoms with Gasteiger partial charge >= 0.3 is 17.1 Å². The minimum absolute atomic E-state index is 0.00525. The van der Waals surface area contributed by atoms with Crippen LogP contribution in [0.3, 0.4) is 0 Å². The van der Waals surface area contributed by atoms with Gasteiger partial charge in [0.1, 0.15) is 0 Å². The molecule has 0 spiro atoms. The van der Waals surface area contributed by atoms with E-state index in [4.69, 9.17) is 11.6 Å². The van der Waals surface area contributed by atoms with Gasteiger partial charge in [-0.3, -0.25) is 4.98 Å². The number of aromatic nitrogens is 4. The summed E-state index contributed by atoms with van der Waals surface area (Å²) in [6, 6.07) is 6.97. The number of hydrogen-bond donors (Lipinski definition) is 0. The highest BCUT2D eigenvalue weighted by Crippen LogP contribution is 2.24. The monoisotopic (exact) mass is 384 g/mol. The summed E-state index contributed by atoms with van der Waals surface area (Å²) in [7, 11) is 0. The summed E-state index contributed by atoms with van der Waals surface area (Å²) in [4.78, 5) is 42.3. The lowest BCUT2D eigenvalue weighted by molar-refractivity contribution is 0.499. The van der Waals surface area contributed by atoms with Gasteiger partial charge in [0.25, 0.3) is 0 Å².